The summed E-state index contributed by atoms with van der Waals surface area (Å²) in [6, 6.07) is 2.83. The smallest absolute Gasteiger partial charge is 0.306 e. The predicted octanol–water partition coefficient (Wildman–Crippen LogP) is 1.04. The number of hydrogen-bond acceptors (Lipinski definition) is 5. The largest absolute Gasteiger partial charge is 0.469 e. The Balaban J connectivity index is 2.64. The van der Waals surface area contributed by atoms with Crippen molar-refractivity contribution in [3.8, 4) is 0 Å². The second-order valence-corrected chi connectivity index (χ2v) is 5.34. The van der Waals surface area contributed by atoms with E-state index in [4.69, 9.17) is 11.6 Å². The highest BCUT2D eigenvalue weighted by Gasteiger charge is 2.13. The number of pyridine rings is 1. The average molecular weight is 279 g/mol. The van der Waals surface area contributed by atoms with Crippen molar-refractivity contribution in [1.82, 2.24) is 4.98 Å². The van der Waals surface area contributed by atoms with Crippen LogP contribution in [0.5, 0.6) is 0 Å². The summed E-state index contributed by atoms with van der Waals surface area (Å²) >= 11 is 5.60. The van der Waals surface area contributed by atoms with Crippen molar-refractivity contribution in [3.05, 3.63) is 23.5 Å². The van der Waals surface area contributed by atoms with E-state index in [9.17, 15) is 13.2 Å². The molecule has 0 aromatic carbocycles. The first-order valence-electron chi connectivity index (χ1n) is 4.62. The van der Waals surface area contributed by atoms with Crippen molar-refractivity contribution in [3.63, 3.8) is 0 Å². The van der Waals surface area contributed by atoms with Crippen molar-refractivity contribution >= 4 is 33.3 Å². The van der Waals surface area contributed by atoms with Gasteiger partial charge in [-0.1, -0.05) is 11.6 Å². The van der Waals surface area contributed by atoms with E-state index < -0.39 is 16.0 Å². The summed E-state index contributed by atoms with van der Waals surface area (Å²) in [6.07, 6.45) is 1.17. The lowest BCUT2D eigenvalue weighted by Crippen LogP contribution is -2.19. The van der Waals surface area contributed by atoms with Crippen LogP contribution in [-0.4, -0.2) is 32.2 Å². The molecule has 6 nitrogen and oxygen atoms in total. The Morgan fingerprint density at radius 3 is 2.88 bits per heavy atom. The van der Waals surface area contributed by atoms with Crippen molar-refractivity contribution in [2.45, 2.75) is 6.42 Å². The van der Waals surface area contributed by atoms with Crippen LogP contribution in [-0.2, 0) is 19.6 Å². The highest BCUT2D eigenvalue weighted by Crippen LogP contribution is 2.13. The fourth-order valence-corrected chi connectivity index (χ4v) is 2.21. The molecular formula is C9H11ClN2O4S. The highest BCUT2D eigenvalue weighted by molar-refractivity contribution is 7.92. The van der Waals surface area contributed by atoms with Crippen LogP contribution in [0.25, 0.3) is 0 Å². The molecule has 0 amide bonds. The van der Waals surface area contributed by atoms with E-state index in [0.29, 0.717) is 5.69 Å². The van der Waals surface area contributed by atoms with Crippen molar-refractivity contribution in [2.75, 3.05) is 17.6 Å². The van der Waals surface area contributed by atoms with E-state index >= 15 is 0 Å². The standard InChI is InChI=1S/C9H11ClN2O4S/c1-16-9(13)3-5-17(14,15)12-7-2-4-11-8(10)6-7/h2,4,6H,3,5H2,1H3,(H,11,12). The molecule has 0 saturated heterocycles. The molecule has 0 saturated carbocycles. The van der Waals surface area contributed by atoms with Gasteiger partial charge in [-0.2, -0.15) is 0 Å². The summed E-state index contributed by atoms with van der Waals surface area (Å²) in [7, 11) is -2.39. The van der Waals surface area contributed by atoms with Gasteiger partial charge >= 0.3 is 5.97 Å². The monoisotopic (exact) mass is 278 g/mol. The van der Waals surface area contributed by atoms with Gasteiger partial charge < -0.3 is 4.74 Å². The third kappa shape index (κ3) is 5.01. The zero-order chi connectivity index (χ0) is 12.9. The number of nitrogens with zero attached hydrogens (tertiary/aromatic N) is 1. The van der Waals surface area contributed by atoms with Gasteiger partial charge in [-0.05, 0) is 12.1 Å². The van der Waals surface area contributed by atoms with Crippen molar-refractivity contribution < 1.29 is 17.9 Å². The van der Waals surface area contributed by atoms with E-state index in [-0.39, 0.29) is 17.3 Å². The first-order valence-corrected chi connectivity index (χ1v) is 6.65. The van der Waals surface area contributed by atoms with E-state index in [1.807, 2.05) is 0 Å². The van der Waals surface area contributed by atoms with Gasteiger partial charge in [0.1, 0.15) is 5.15 Å². The lowest BCUT2D eigenvalue weighted by Gasteiger charge is -2.07. The Bertz CT molecular complexity index is 503. The summed E-state index contributed by atoms with van der Waals surface area (Å²) in [6.45, 7) is 0. The Morgan fingerprint density at radius 1 is 1.59 bits per heavy atom. The summed E-state index contributed by atoms with van der Waals surface area (Å²) in [5, 5.41) is 0.179. The molecule has 94 valence electrons. The lowest BCUT2D eigenvalue weighted by molar-refractivity contribution is -0.140. The van der Waals surface area contributed by atoms with E-state index in [0.717, 1.165) is 0 Å². The zero-order valence-electron chi connectivity index (χ0n) is 9.01. The molecule has 8 heteroatoms. The van der Waals surface area contributed by atoms with Gasteiger partial charge in [-0.25, -0.2) is 13.4 Å². The zero-order valence-corrected chi connectivity index (χ0v) is 10.6. The van der Waals surface area contributed by atoms with Crippen LogP contribution < -0.4 is 4.72 Å². The van der Waals surface area contributed by atoms with Gasteiger partial charge in [0, 0.05) is 6.20 Å². The van der Waals surface area contributed by atoms with Gasteiger partial charge in [0.2, 0.25) is 10.0 Å². The van der Waals surface area contributed by atoms with Crippen LogP contribution in [0.3, 0.4) is 0 Å². The molecule has 0 spiro atoms. The fourth-order valence-electron chi connectivity index (χ4n) is 1.02. The molecule has 1 rings (SSSR count). The Morgan fingerprint density at radius 2 is 2.29 bits per heavy atom. The van der Waals surface area contributed by atoms with Crippen LogP contribution in [0.4, 0.5) is 5.69 Å². The second-order valence-electron chi connectivity index (χ2n) is 3.11. The number of hydrogen-bond donors (Lipinski definition) is 1. The normalized spacial score (nSPS) is 10.9. The minimum atomic E-state index is -3.59. The number of anilines is 1. The Kier molecular flexibility index (Phi) is 4.71. The predicted molar refractivity (Wildman–Crippen MR) is 63.3 cm³/mol. The third-order valence-corrected chi connectivity index (χ3v) is 3.30. The first kappa shape index (κ1) is 13.7. The number of carbonyl (C=O) groups is 1. The molecule has 0 fully saturated rings. The molecule has 1 heterocycles. The SMILES string of the molecule is COC(=O)CCS(=O)(=O)Nc1ccnc(Cl)c1. The topological polar surface area (TPSA) is 85.4 Å². The van der Waals surface area contributed by atoms with E-state index in [1.54, 1.807) is 0 Å². The first-order chi connectivity index (χ1) is 7.93. The minimum Gasteiger partial charge on any atom is -0.469 e. The molecule has 0 aliphatic heterocycles. The molecule has 0 unspecified atom stereocenters. The number of rotatable bonds is 5. The van der Waals surface area contributed by atoms with Gasteiger partial charge in [0.05, 0.1) is 25.0 Å². The van der Waals surface area contributed by atoms with Crippen LogP contribution in [0.15, 0.2) is 18.3 Å². The molecule has 1 aromatic rings. The van der Waals surface area contributed by atoms with Crippen molar-refractivity contribution in [2.24, 2.45) is 0 Å². The van der Waals surface area contributed by atoms with Crippen LogP contribution >= 0.6 is 11.6 Å². The number of halogens is 1. The van der Waals surface area contributed by atoms with E-state index in [1.165, 1.54) is 25.4 Å². The quantitative estimate of drug-likeness (QED) is 0.642. The summed E-state index contributed by atoms with van der Waals surface area (Å²) in [5.41, 5.74) is 0.301. The molecule has 0 bridgehead atoms. The van der Waals surface area contributed by atoms with Crippen molar-refractivity contribution in [1.29, 1.82) is 0 Å². The molecule has 1 aromatic heterocycles. The molecular weight excluding hydrogens is 268 g/mol. The number of aromatic nitrogens is 1. The number of esters is 1. The number of carbonyl (C=O) groups excluding carboxylic acids is 1. The molecule has 0 atom stereocenters. The molecule has 1 N–H and O–H groups in total. The third-order valence-electron chi connectivity index (χ3n) is 1.80. The maximum Gasteiger partial charge on any atom is 0.306 e. The minimum absolute atomic E-state index is 0.179. The summed E-state index contributed by atoms with van der Waals surface area (Å²) in [4.78, 5) is 14.5. The maximum atomic E-state index is 11.5. The van der Waals surface area contributed by atoms with Crippen LogP contribution in [0.2, 0.25) is 5.15 Å². The van der Waals surface area contributed by atoms with Crippen LogP contribution in [0, 0.1) is 0 Å². The van der Waals surface area contributed by atoms with Gasteiger partial charge in [0.25, 0.3) is 0 Å². The van der Waals surface area contributed by atoms with Crippen LogP contribution in [0.1, 0.15) is 6.42 Å². The average Bonchev–Trinajstić information content (AvgIpc) is 2.25. The number of sulfonamides is 1. The number of nitrogens with one attached hydrogen (secondary N) is 1. The lowest BCUT2D eigenvalue weighted by atomic mass is 10.4. The second kappa shape index (κ2) is 5.83. The number of methoxy groups -OCH3 is 1. The molecule has 0 aliphatic rings. The van der Waals surface area contributed by atoms with E-state index in [2.05, 4.69) is 14.4 Å². The van der Waals surface area contributed by atoms with Gasteiger partial charge in [-0.3, -0.25) is 9.52 Å². The fraction of sp³-hybridized carbons (Fsp3) is 0.333. The molecule has 0 aliphatic carbocycles. The number of ether oxygens (including phenoxy) is 1. The highest BCUT2D eigenvalue weighted by atomic mass is 35.5. The molecule has 0 radical (unpaired) electrons. The maximum absolute atomic E-state index is 11.5. The Hall–Kier alpha value is -1.34. The summed E-state index contributed by atoms with van der Waals surface area (Å²) in [5.74, 6) is -0.928. The van der Waals surface area contributed by atoms with Gasteiger partial charge in [0.15, 0.2) is 0 Å². The molecule has 17 heavy (non-hydrogen) atoms. The summed E-state index contributed by atoms with van der Waals surface area (Å²) < 4.78 is 29.7. The Labute approximate surface area is 104 Å². The van der Waals surface area contributed by atoms with Gasteiger partial charge in [-0.15, -0.1) is 0 Å².